The minimum Gasteiger partial charge on any atom is -0.343 e. The van der Waals surface area contributed by atoms with Crippen LogP contribution in [0.3, 0.4) is 0 Å². The van der Waals surface area contributed by atoms with Crippen LogP contribution in [0.25, 0.3) is 49.6 Å². The Hall–Kier alpha value is -4.64. The molecular formula is C33H27N5. The van der Waals surface area contributed by atoms with Gasteiger partial charge in [-0.05, 0) is 29.8 Å². The fourth-order valence-electron chi connectivity index (χ4n) is 6.84. The summed E-state index contributed by atoms with van der Waals surface area (Å²) in [6.45, 7) is 4.69. The highest BCUT2D eigenvalue weighted by molar-refractivity contribution is 6.20. The van der Waals surface area contributed by atoms with Gasteiger partial charge in [0.15, 0.2) is 0 Å². The summed E-state index contributed by atoms with van der Waals surface area (Å²) in [5, 5.41) is 4.69. The van der Waals surface area contributed by atoms with Gasteiger partial charge >= 0.3 is 0 Å². The van der Waals surface area contributed by atoms with Crippen LogP contribution in [0.4, 0.5) is 11.4 Å². The summed E-state index contributed by atoms with van der Waals surface area (Å²) in [7, 11) is 4.41. The molecule has 0 saturated heterocycles. The van der Waals surface area contributed by atoms with E-state index < -0.39 is 0 Å². The molecule has 4 heterocycles. The van der Waals surface area contributed by atoms with E-state index in [4.69, 9.17) is 9.97 Å². The standard InChI is InChI=1S/C33H27N5/c1-33(2)24-13-7-10-16-27(24)36(3)30-23-18-17-22-21-12-6-9-15-26(21)38(29(22)28(23)37(4)31(30)33)32-34-19-20-11-5-8-14-25(20)35-32/h5-19H,1-4H3. The van der Waals surface area contributed by atoms with Crippen molar-refractivity contribution in [1.29, 1.82) is 0 Å². The summed E-state index contributed by atoms with van der Waals surface area (Å²) in [6, 6.07) is 30.1. The van der Waals surface area contributed by atoms with Gasteiger partial charge in [0, 0.05) is 52.9 Å². The Morgan fingerprint density at radius 1 is 0.711 bits per heavy atom. The minimum absolute atomic E-state index is 0.158. The molecule has 0 saturated carbocycles. The van der Waals surface area contributed by atoms with Crippen LogP contribution in [0.2, 0.25) is 0 Å². The number of aryl methyl sites for hydroxylation is 1. The molecule has 0 atom stereocenters. The van der Waals surface area contributed by atoms with Gasteiger partial charge in [0.1, 0.15) is 0 Å². The fourth-order valence-corrected chi connectivity index (χ4v) is 6.84. The second-order valence-corrected chi connectivity index (χ2v) is 10.9. The SMILES string of the molecule is CN1c2ccccc2C(C)(C)c2c1c1ccc3c4ccccc4n(-c4ncc5ccccc5n4)c3c1n2C. The van der Waals surface area contributed by atoms with E-state index in [-0.39, 0.29) is 5.41 Å². The van der Waals surface area contributed by atoms with E-state index in [0.29, 0.717) is 5.95 Å². The summed E-state index contributed by atoms with van der Waals surface area (Å²) in [5.74, 6) is 0.692. The zero-order valence-electron chi connectivity index (χ0n) is 21.9. The van der Waals surface area contributed by atoms with Crippen molar-refractivity contribution in [3.05, 3.63) is 102 Å². The quantitative estimate of drug-likeness (QED) is 0.236. The summed E-state index contributed by atoms with van der Waals surface area (Å²) < 4.78 is 4.67. The van der Waals surface area contributed by atoms with E-state index in [2.05, 4.69) is 115 Å². The number of hydrogen-bond acceptors (Lipinski definition) is 3. The lowest BCUT2D eigenvalue weighted by atomic mass is 9.77. The average Bonchev–Trinajstić information content (AvgIpc) is 3.44. The highest BCUT2D eigenvalue weighted by Gasteiger charge is 2.39. The van der Waals surface area contributed by atoms with E-state index in [1.165, 1.54) is 44.3 Å². The molecule has 0 amide bonds. The first-order valence-corrected chi connectivity index (χ1v) is 13.1. The molecule has 7 aromatic rings. The van der Waals surface area contributed by atoms with Crippen molar-refractivity contribution in [1.82, 2.24) is 19.1 Å². The van der Waals surface area contributed by atoms with E-state index in [1.807, 2.05) is 18.3 Å². The number of benzene rings is 4. The zero-order valence-corrected chi connectivity index (χ0v) is 21.9. The van der Waals surface area contributed by atoms with Gasteiger partial charge in [-0.1, -0.05) is 74.5 Å². The Morgan fingerprint density at radius 2 is 1.45 bits per heavy atom. The second-order valence-electron chi connectivity index (χ2n) is 10.9. The van der Waals surface area contributed by atoms with Crippen LogP contribution < -0.4 is 4.90 Å². The van der Waals surface area contributed by atoms with Gasteiger partial charge in [-0.25, -0.2) is 9.97 Å². The summed E-state index contributed by atoms with van der Waals surface area (Å²) in [4.78, 5) is 12.3. The topological polar surface area (TPSA) is 38.9 Å². The predicted molar refractivity (Wildman–Crippen MR) is 157 cm³/mol. The van der Waals surface area contributed by atoms with Gasteiger partial charge in [-0.15, -0.1) is 0 Å². The Labute approximate surface area is 220 Å². The summed E-state index contributed by atoms with van der Waals surface area (Å²) in [6.07, 6.45) is 1.93. The lowest BCUT2D eigenvalue weighted by molar-refractivity contribution is 0.581. The van der Waals surface area contributed by atoms with Crippen molar-refractivity contribution < 1.29 is 0 Å². The van der Waals surface area contributed by atoms with Crippen molar-refractivity contribution >= 4 is 55.0 Å². The minimum atomic E-state index is -0.158. The van der Waals surface area contributed by atoms with Gasteiger partial charge in [-0.3, -0.25) is 4.57 Å². The molecule has 0 radical (unpaired) electrons. The number of hydrogen-bond donors (Lipinski definition) is 0. The van der Waals surface area contributed by atoms with Crippen LogP contribution in [0.15, 0.2) is 91.1 Å². The molecule has 0 spiro atoms. The Bertz CT molecular complexity index is 2090. The number of para-hydroxylation sites is 3. The molecular weight excluding hydrogens is 466 g/mol. The first-order valence-electron chi connectivity index (χ1n) is 13.1. The van der Waals surface area contributed by atoms with Gasteiger partial charge in [-0.2, -0.15) is 0 Å². The molecule has 5 heteroatoms. The number of fused-ring (bicyclic) bond motifs is 9. The summed E-state index contributed by atoms with van der Waals surface area (Å²) in [5.41, 5.74) is 9.43. The molecule has 38 heavy (non-hydrogen) atoms. The molecule has 0 N–H and O–H groups in total. The van der Waals surface area contributed by atoms with Crippen LogP contribution in [-0.4, -0.2) is 26.1 Å². The van der Waals surface area contributed by atoms with Crippen molar-refractivity contribution in [2.75, 3.05) is 11.9 Å². The molecule has 1 aliphatic rings. The molecule has 0 aliphatic carbocycles. The highest BCUT2D eigenvalue weighted by atomic mass is 15.2. The van der Waals surface area contributed by atoms with Gasteiger partial charge in [0.05, 0.1) is 33.4 Å². The first-order chi connectivity index (χ1) is 18.5. The average molecular weight is 494 g/mol. The number of aromatic nitrogens is 4. The highest BCUT2D eigenvalue weighted by Crippen LogP contribution is 2.53. The molecule has 4 aromatic carbocycles. The van der Waals surface area contributed by atoms with Gasteiger partial charge in [0.25, 0.3) is 0 Å². The molecule has 8 rings (SSSR count). The third-order valence-electron chi connectivity index (χ3n) is 8.50. The predicted octanol–water partition coefficient (Wildman–Crippen LogP) is 7.63. The molecule has 184 valence electrons. The third kappa shape index (κ3) is 2.56. The number of rotatable bonds is 1. The van der Waals surface area contributed by atoms with E-state index >= 15 is 0 Å². The van der Waals surface area contributed by atoms with Crippen LogP contribution in [0.5, 0.6) is 0 Å². The van der Waals surface area contributed by atoms with Crippen molar-refractivity contribution in [3.63, 3.8) is 0 Å². The Kier molecular flexibility index (Phi) is 4.08. The second kappa shape index (κ2) is 7.23. The third-order valence-corrected chi connectivity index (χ3v) is 8.50. The molecule has 0 fully saturated rings. The molecule has 3 aromatic heterocycles. The van der Waals surface area contributed by atoms with Crippen LogP contribution in [-0.2, 0) is 12.5 Å². The van der Waals surface area contributed by atoms with E-state index in [0.717, 1.165) is 21.9 Å². The van der Waals surface area contributed by atoms with Gasteiger partial charge < -0.3 is 9.47 Å². The van der Waals surface area contributed by atoms with Crippen LogP contribution in [0.1, 0.15) is 25.1 Å². The molecule has 0 bridgehead atoms. The van der Waals surface area contributed by atoms with E-state index in [9.17, 15) is 0 Å². The maximum absolute atomic E-state index is 5.04. The van der Waals surface area contributed by atoms with Crippen molar-refractivity contribution in [3.8, 4) is 5.95 Å². The van der Waals surface area contributed by atoms with Gasteiger partial charge in [0.2, 0.25) is 5.95 Å². The van der Waals surface area contributed by atoms with Crippen molar-refractivity contribution in [2.24, 2.45) is 7.05 Å². The maximum atomic E-state index is 5.04. The Balaban J connectivity index is 1.56. The van der Waals surface area contributed by atoms with Crippen LogP contribution in [0, 0.1) is 0 Å². The van der Waals surface area contributed by atoms with E-state index in [1.54, 1.807) is 0 Å². The zero-order chi connectivity index (χ0) is 25.8. The number of anilines is 2. The lowest BCUT2D eigenvalue weighted by Crippen LogP contribution is -2.32. The molecule has 0 unspecified atom stereocenters. The smallest absolute Gasteiger partial charge is 0.235 e. The van der Waals surface area contributed by atoms with Crippen molar-refractivity contribution in [2.45, 2.75) is 19.3 Å². The maximum Gasteiger partial charge on any atom is 0.235 e. The lowest BCUT2D eigenvalue weighted by Gasteiger charge is -2.39. The molecule has 5 nitrogen and oxygen atoms in total. The number of nitrogens with zero attached hydrogens (tertiary/aromatic N) is 5. The van der Waals surface area contributed by atoms with Crippen LogP contribution >= 0.6 is 0 Å². The molecule has 1 aliphatic heterocycles. The monoisotopic (exact) mass is 493 g/mol. The normalized spacial score (nSPS) is 14.5. The fraction of sp³-hybridized carbons (Fsp3) is 0.152. The largest absolute Gasteiger partial charge is 0.343 e. The Morgan fingerprint density at radius 3 is 2.34 bits per heavy atom. The first kappa shape index (κ1) is 21.4. The summed E-state index contributed by atoms with van der Waals surface area (Å²) >= 11 is 0.